The standard InChI is InChI=1S/C15H13ClF2N4O/c16-15-19-7-9(13(22-15)20-8-3-1-4-8)14(23)21-12-10(17)5-2-6-11(12)18/h2,5-8H,1,3-4H2,(H,21,23)(H,19,20,22). The summed E-state index contributed by atoms with van der Waals surface area (Å²) in [5.74, 6) is -2.18. The summed E-state index contributed by atoms with van der Waals surface area (Å²) in [5.41, 5.74) is -0.439. The summed E-state index contributed by atoms with van der Waals surface area (Å²) >= 11 is 5.76. The monoisotopic (exact) mass is 338 g/mol. The maximum absolute atomic E-state index is 13.6. The first-order valence-corrected chi connectivity index (χ1v) is 7.47. The Balaban J connectivity index is 1.86. The van der Waals surface area contributed by atoms with E-state index in [1.54, 1.807) is 0 Å². The molecule has 2 aromatic rings. The van der Waals surface area contributed by atoms with Crippen LogP contribution in [-0.4, -0.2) is 21.9 Å². The number of aromatic nitrogens is 2. The Hall–Kier alpha value is -2.28. The van der Waals surface area contributed by atoms with E-state index in [0.29, 0.717) is 0 Å². The Morgan fingerprint density at radius 3 is 2.57 bits per heavy atom. The first-order chi connectivity index (χ1) is 11.0. The zero-order valence-corrected chi connectivity index (χ0v) is 12.7. The number of hydrogen-bond donors (Lipinski definition) is 2. The highest BCUT2D eigenvalue weighted by molar-refractivity contribution is 6.28. The predicted molar refractivity (Wildman–Crippen MR) is 82.6 cm³/mol. The van der Waals surface area contributed by atoms with Gasteiger partial charge in [0, 0.05) is 12.2 Å². The van der Waals surface area contributed by atoms with E-state index in [0.717, 1.165) is 31.4 Å². The normalized spacial score (nSPS) is 14.2. The van der Waals surface area contributed by atoms with Gasteiger partial charge in [0.05, 0.1) is 0 Å². The Kier molecular flexibility index (Phi) is 4.38. The third kappa shape index (κ3) is 3.39. The van der Waals surface area contributed by atoms with E-state index < -0.39 is 23.2 Å². The van der Waals surface area contributed by atoms with Crippen LogP contribution in [0.15, 0.2) is 24.4 Å². The fourth-order valence-corrected chi connectivity index (χ4v) is 2.31. The van der Waals surface area contributed by atoms with Crippen LogP contribution in [0.1, 0.15) is 29.6 Å². The topological polar surface area (TPSA) is 66.9 Å². The number of carbonyl (C=O) groups is 1. The second kappa shape index (κ2) is 6.45. The fourth-order valence-electron chi connectivity index (χ4n) is 2.18. The summed E-state index contributed by atoms with van der Waals surface area (Å²) in [7, 11) is 0. The molecule has 3 rings (SSSR count). The average molecular weight is 339 g/mol. The molecule has 5 nitrogen and oxygen atoms in total. The van der Waals surface area contributed by atoms with Crippen molar-refractivity contribution in [2.45, 2.75) is 25.3 Å². The number of benzene rings is 1. The highest BCUT2D eigenvalue weighted by Gasteiger charge is 2.23. The number of rotatable bonds is 4. The maximum atomic E-state index is 13.6. The van der Waals surface area contributed by atoms with Crippen LogP contribution in [0.25, 0.3) is 0 Å². The van der Waals surface area contributed by atoms with Gasteiger partial charge in [0.1, 0.15) is 28.7 Å². The molecule has 0 bridgehead atoms. The molecule has 1 amide bonds. The van der Waals surface area contributed by atoms with Crippen LogP contribution < -0.4 is 10.6 Å². The summed E-state index contributed by atoms with van der Waals surface area (Å²) in [6.45, 7) is 0. The second-order valence-electron chi connectivity index (χ2n) is 5.22. The van der Waals surface area contributed by atoms with Gasteiger partial charge in [-0.25, -0.2) is 13.8 Å². The lowest BCUT2D eigenvalue weighted by Gasteiger charge is -2.27. The van der Waals surface area contributed by atoms with E-state index in [-0.39, 0.29) is 22.7 Å². The van der Waals surface area contributed by atoms with Crippen molar-refractivity contribution in [3.05, 3.63) is 46.9 Å². The molecule has 1 saturated carbocycles. The van der Waals surface area contributed by atoms with Gasteiger partial charge >= 0.3 is 0 Å². The van der Waals surface area contributed by atoms with Crippen LogP contribution in [0, 0.1) is 11.6 Å². The van der Waals surface area contributed by atoms with E-state index in [4.69, 9.17) is 11.6 Å². The first kappa shape index (κ1) is 15.6. The van der Waals surface area contributed by atoms with Crippen molar-refractivity contribution in [1.82, 2.24) is 9.97 Å². The first-order valence-electron chi connectivity index (χ1n) is 7.09. The van der Waals surface area contributed by atoms with Gasteiger partial charge in [-0.05, 0) is 43.0 Å². The Morgan fingerprint density at radius 2 is 1.96 bits per heavy atom. The van der Waals surface area contributed by atoms with Crippen molar-refractivity contribution in [3.8, 4) is 0 Å². The molecule has 0 unspecified atom stereocenters. The maximum Gasteiger partial charge on any atom is 0.261 e. The van der Waals surface area contributed by atoms with Crippen LogP contribution >= 0.6 is 11.6 Å². The van der Waals surface area contributed by atoms with Crippen molar-refractivity contribution >= 4 is 29.0 Å². The van der Waals surface area contributed by atoms with Crippen molar-refractivity contribution < 1.29 is 13.6 Å². The van der Waals surface area contributed by atoms with Gasteiger partial charge in [-0.1, -0.05) is 6.07 Å². The van der Waals surface area contributed by atoms with Gasteiger partial charge in [0.25, 0.3) is 5.91 Å². The lowest BCUT2D eigenvalue weighted by molar-refractivity contribution is 0.102. The third-order valence-corrected chi connectivity index (χ3v) is 3.83. The van der Waals surface area contributed by atoms with Crippen LogP contribution in [0.2, 0.25) is 5.28 Å². The zero-order valence-electron chi connectivity index (χ0n) is 11.9. The molecule has 0 saturated heterocycles. The summed E-state index contributed by atoms with van der Waals surface area (Å²) in [5, 5.41) is 5.30. The molecule has 120 valence electrons. The molecule has 0 spiro atoms. The van der Waals surface area contributed by atoms with E-state index in [1.807, 2.05) is 0 Å². The highest BCUT2D eigenvalue weighted by Crippen LogP contribution is 2.26. The number of nitrogens with zero attached hydrogens (tertiary/aromatic N) is 2. The molecule has 1 aliphatic carbocycles. The molecule has 1 aromatic heterocycles. The summed E-state index contributed by atoms with van der Waals surface area (Å²) in [6.07, 6.45) is 4.25. The van der Waals surface area contributed by atoms with E-state index in [2.05, 4.69) is 20.6 Å². The minimum Gasteiger partial charge on any atom is -0.367 e. The zero-order chi connectivity index (χ0) is 16.4. The van der Waals surface area contributed by atoms with Crippen LogP contribution in [0.4, 0.5) is 20.3 Å². The van der Waals surface area contributed by atoms with Crippen molar-refractivity contribution in [2.75, 3.05) is 10.6 Å². The third-order valence-electron chi connectivity index (χ3n) is 3.65. The minimum absolute atomic E-state index is 0.0135. The largest absolute Gasteiger partial charge is 0.367 e. The Bertz CT molecular complexity index is 732. The predicted octanol–water partition coefficient (Wildman–Crippen LogP) is 3.62. The summed E-state index contributed by atoms with van der Waals surface area (Å²) < 4.78 is 27.3. The van der Waals surface area contributed by atoms with E-state index in [9.17, 15) is 13.6 Å². The van der Waals surface area contributed by atoms with Crippen LogP contribution in [0.5, 0.6) is 0 Å². The number of para-hydroxylation sites is 1. The molecule has 0 atom stereocenters. The molecule has 8 heteroatoms. The van der Waals surface area contributed by atoms with Crippen molar-refractivity contribution in [3.63, 3.8) is 0 Å². The van der Waals surface area contributed by atoms with Crippen molar-refractivity contribution in [2.24, 2.45) is 0 Å². The van der Waals surface area contributed by atoms with Gasteiger partial charge in [-0.15, -0.1) is 0 Å². The molecule has 1 fully saturated rings. The summed E-state index contributed by atoms with van der Waals surface area (Å²) in [6, 6.07) is 3.54. The van der Waals surface area contributed by atoms with Crippen LogP contribution in [0.3, 0.4) is 0 Å². The van der Waals surface area contributed by atoms with Gasteiger partial charge in [-0.2, -0.15) is 4.98 Å². The quantitative estimate of drug-likeness (QED) is 0.835. The molecule has 0 radical (unpaired) electrons. The number of amides is 1. The number of hydrogen-bond acceptors (Lipinski definition) is 4. The SMILES string of the molecule is O=C(Nc1c(F)cccc1F)c1cnc(Cl)nc1NC1CCC1. The Labute approximate surface area is 136 Å². The van der Waals surface area contributed by atoms with Gasteiger partial charge < -0.3 is 10.6 Å². The fraction of sp³-hybridized carbons (Fsp3) is 0.267. The van der Waals surface area contributed by atoms with Crippen molar-refractivity contribution in [1.29, 1.82) is 0 Å². The molecular formula is C15H13ClF2N4O. The molecular weight excluding hydrogens is 326 g/mol. The number of halogens is 3. The van der Waals surface area contributed by atoms with Gasteiger partial charge in [-0.3, -0.25) is 4.79 Å². The molecule has 0 aliphatic heterocycles. The molecule has 23 heavy (non-hydrogen) atoms. The van der Waals surface area contributed by atoms with E-state index in [1.165, 1.54) is 12.3 Å². The molecule has 1 aromatic carbocycles. The van der Waals surface area contributed by atoms with E-state index >= 15 is 0 Å². The lowest BCUT2D eigenvalue weighted by atomic mass is 9.93. The summed E-state index contributed by atoms with van der Waals surface area (Å²) in [4.78, 5) is 20.1. The highest BCUT2D eigenvalue weighted by atomic mass is 35.5. The Morgan fingerprint density at radius 1 is 1.26 bits per heavy atom. The lowest BCUT2D eigenvalue weighted by Crippen LogP contribution is -2.29. The number of nitrogens with one attached hydrogen (secondary N) is 2. The molecule has 1 aliphatic rings. The number of anilines is 2. The second-order valence-corrected chi connectivity index (χ2v) is 5.56. The average Bonchev–Trinajstić information content (AvgIpc) is 2.47. The van der Waals surface area contributed by atoms with Crippen LogP contribution in [-0.2, 0) is 0 Å². The van der Waals surface area contributed by atoms with Gasteiger partial charge in [0.15, 0.2) is 0 Å². The smallest absolute Gasteiger partial charge is 0.261 e. The minimum atomic E-state index is -0.860. The number of carbonyl (C=O) groups excluding carboxylic acids is 1. The van der Waals surface area contributed by atoms with Gasteiger partial charge in [0.2, 0.25) is 5.28 Å². The molecule has 2 N–H and O–H groups in total. The molecule has 1 heterocycles.